The Labute approximate surface area is 161 Å². The van der Waals surface area contributed by atoms with Crippen LogP contribution < -0.4 is 0 Å². The lowest BCUT2D eigenvalue weighted by Gasteiger charge is -2.36. The van der Waals surface area contributed by atoms with Crippen molar-refractivity contribution < 1.29 is 38.5 Å². The van der Waals surface area contributed by atoms with Gasteiger partial charge in [-0.3, -0.25) is 14.4 Å². The summed E-state index contributed by atoms with van der Waals surface area (Å²) in [6.45, 7) is 10.4. The summed E-state index contributed by atoms with van der Waals surface area (Å²) in [7, 11) is -2.01. The number of carbonyl (C=O) groups is 3. The predicted octanol–water partition coefficient (Wildman–Crippen LogP) is 2.87. The number of hydrogen-bond donors (Lipinski definition) is 2. The monoisotopic (exact) mass is 404 g/mol. The third kappa shape index (κ3) is 7.98. The lowest BCUT2D eigenvalue weighted by Crippen LogP contribution is -2.41. The van der Waals surface area contributed by atoms with Gasteiger partial charge in [0, 0.05) is 6.42 Å². The maximum absolute atomic E-state index is 12.1. The predicted molar refractivity (Wildman–Crippen MR) is 99.7 cm³/mol. The quantitative estimate of drug-likeness (QED) is 0.342. The van der Waals surface area contributed by atoms with Crippen molar-refractivity contribution in [2.24, 2.45) is 11.8 Å². The molecule has 3 unspecified atom stereocenters. The van der Waals surface area contributed by atoms with E-state index in [1.165, 1.54) is 0 Å². The summed E-state index contributed by atoms with van der Waals surface area (Å²) in [5, 5.41) is 18.0. The molecule has 2 N–H and O–H groups in total. The van der Waals surface area contributed by atoms with Gasteiger partial charge in [0.05, 0.1) is 25.6 Å². The second-order valence-corrected chi connectivity index (χ2v) is 13.5. The van der Waals surface area contributed by atoms with Crippen LogP contribution in [0.15, 0.2) is 0 Å². The topological polar surface area (TPSA) is 119 Å². The fourth-order valence-electron chi connectivity index (χ4n) is 2.76. The first-order valence-electron chi connectivity index (χ1n) is 9.16. The smallest absolute Gasteiger partial charge is 0.310 e. The molecule has 0 aromatic rings. The summed E-state index contributed by atoms with van der Waals surface area (Å²) in [6.07, 6.45) is -0.435. The minimum Gasteiger partial charge on any atom is -0.481 e. The van der Waals surface area contributed by atoms with Gasteiger partial charge in [-0.2, -0.15) is 0 Å². The van der Waals surface area contributed by atoms with Crippen LogP contribution in [0.4, 0.5) is 0 Å². The molecule has 3 atom stereocenters. The van der Waals surface area contributed by atoms with Gasteiger partial charge in [0.15, 0.2) is 15.1 Å². The zero-order valence-corrected chi connectivity index (χ0v) is 17.8. The highest BCUT2D eigenvalue weighted by Crippen LogP contribution is 2.36. The van der Waals surface area contributed by atoms with Crippen LogP contribution in [0, 0.1) is 11.8 Å². The Morgan fingerprint density at radius 1 is 1.04 bits per heavy atom. The molecule has 0 aliphatic carbocycles. The van der Waals surface area contributed by atoms with Crippen LogP contribution in [0.3, 0.4) is 0 Å². The number of esters is 1. The summed E-state index contributed by atoms with van der Waals surface area (Å²) >= 11 is 0. The molecule has 1 saturated heterocycles. The lowest BCUT2D eigenvalue weighted by molar-refractivity contribution is -0.158. The zero-order chi connectivity index (χ0) is 20.8. The maximum Gasteiger partial charge on any atom is 0.310 e. The largest absolute Gasteiger partial charge is 0.481 e. The molecule has 27 heavy (non-hydrogen) atoms. The van der Waals surface area contributed by atoms with Crippen molar-refractivity contribution in [1.82, 2.24) is 0 Å². The highest BCUT2D eigenvalue weighted by molar-refractivity contribution is 6.74. The van der Waals surface area contributed by atoms with Crippen LogP contribution in [0.2, 0.25) is 18.1 Å². The Kier molecular flexibility index (Phi) is 8.43. The first-order chi connectivity index (χ1) is 12.3. The molecular formula is C18H32O8Si. The summed E-state index contributed by atoms with van der Waals surface area (Å²) in [5.41, 5.74) is 0. The van der Waals surface area contributed by atoms with Gasteiger partial charge in [-0.25, -0.2) is 0 Å². The Bertz CT molecular complexity index is 540. The van der Waals surface area contributed by atoms with E-state index in [0.717, 1.165) is 0 Å². The molecule has 1 aliphatic heterocycles. The van der Waals surface area contributed by atoms with E-state index in [0.29, 0.717) is 6.42 Å². The van der Waals surface area contributed by atoms with Crippen molar-refractivity contribution in [2.45, 2.75) is 70.7 Å². The standard InChI is InChI=1S/C18H32O8Si/c1-18(2,3)27(4,5)26-11-25-17(23)9-14-6-12(7-15(19)20)13(10-24-14)8-16(21)22/h12-14H,6-11H2,1-5H3,(H,19,20)(H,21,22). The summed E-state index contributed by atoms with van der Waals surface area (Å²) in [5.74, 6) is -3.15. The molecule has 0 bridgehead atoms. The number of ether oxygens (including phenoxy) is 2. The van der Waals surface area contributed by atoms with Gasteiger partial charge in [-0.05, 0) is 36.4 Å². The molecule has 0 aromatic carbocycles. The average molecular weight is 405 g/mol. The second-order valence-electron chi connectivity index (χ2n) is 8.65. The molecule has 1 heterocycles. The van der Waals surface area contributed by atoms with Gasteiger partial charge in [-0.15, -0.1) is 0 Å². The van der Waals surface area contributed by atoms with Gasteiger partial charge in [0.1, 0.15) is 0 Å². The Morgan fingerprint density at radius 3 is 2.11 bits per heavy atom. The number of rotatable bonds is 9. The molecule has 9 heteroatoms. The molecule has 1 aliphatic rings. The second kappa shape index (κ2) is 9.65. The number of carboxylic acids is 2. The molecule has 8 nitrogen and oxygen atoms in total. The van der Waals surface area contributed by atoms with E-state index in [4.69, 9.17) is 24.1 Å². The maximum atomic E-state index is 12.1. The molecule has 0 amide bonds. The van der Waals surface area contributed by atoms with Gasteiger partial charge < -0.3 is 24.1 Å². The van der Waals surface area contributed by atoms with E-state index in [9.17, 15) is 14.4 Å². The molecule has 0 saturated carbocycles. The number of carboxylic acid groups (broad SMARTS) is 2. The van der Waals surface area contributed by atoms with Crippen LogP contribution >= 0.6 is 0 Å². The van der Waals surface area contributed by atoms with E-state index in [1.807, 2.05) is 0 Å². The number of aliphatic carboxylic acids is 2. The van der Waals surface area contributed by atoms with E-state index in [-0.39, 0.29) is 49.5 Å². The van der Waals surface area contributed by atoms with Crippen LogP contribution in [0.5, 0.6) is 0 Å². The van der Waals surface area contributed by atoms with E-state index < -0.39 is 32.3 Å². The summed E-state index contributed by atoms with van der Waals surface area (Å²) < 4.78 is 16.6. The molecule has 1 fully saturated rings. The highest BCUT2D eigenvalue weighted by atomic mass is 28.4. The lowest BCUT2D eigenvalue weighted by atomic mass is 9.81. The fraction of sp³-hybridized carbons (Fsp3) is 0.833. The first-order valence-corrected chi connectivity index (χ1v) is 12.1. The van der Waals surface area contributed by atoms with E-state index in [2.05, 4.69) is 33.9 Å². The van der Waals surface area contributed by atoms with Crippen molar-refractivity contribution in [3.8, 4) is 0 Å². The van der Waals surface area contributed by atoms with Gasteiger partial charge in [-0.1, -0.05) is 20.8 Å². The van der Waals surface area contributed by atoms with Crippen LogP contribution in [0.1, 0.15) is 46.5 Å². The zero-order valence-electron chi connectivity index (χ0n) is 16.8. The van der Waals surface area contributed by atoms with Crippen LogP contribution in [-0.2, 0) is 28.3 Å². The first kappa shape index (κ1) is 23.6. The van der Waals surface area contributed by atoms with Gasteiger partial charge >= 0.3 is 17.9 Å². The Morgan fingerprint density at radius 2 is 1.59 bits per heavy atom. The Hall–Kier alpha value is -1.45. The third-order valence-corrected chi connectivity index (χ3v) is 9.94. The minimum absolute atomic E-state index is 0.00320. The van der Waals surface area contributed by atoms with Crippen LogP contribution in [0.25, 0.3) is 0 Å². The van der Waals surface area contributed by atoms with E-state index in [1.54, 1.807) is 0 Å². The van der Waals surface area contributed by atoms with Gasteiger partial charge in [0.2, 0.25) is 0 Å². The summed E-state index contributed by atoms with van der Waals surface area (Å²) in [4.78, 5) is 34.0. The Balaban J connectivity index is 2.50. The SMILES string of the molecule is CC(C)(C)[Si](C)(C)OCOC(=O)CC1CC(CC(=O)O)C(CC(=O)O)CO1. The average Bonchev–Trinajstić information content (AvgIpc) is 2.47. The number of carbonyl (C=O) groups excluding carboxylic acids is 1. The molecule has 0 aromatic heterocycles. The van der Waals surface area contributed by atoms with Crippen molar-refractivity contribution in [3.05, 3.63) is 0 Å². The molecule has 156 valence electrons. The van der Waals surface area contributed by atoms with Crippen molar-refractivity contribution in [1.29, 1.82) is 0 Å². The molecule has 0 radical (unpaired) electrons. The van der Waals surface area contributed by atoms with Crippen molar-refractivity contribution in [2.75, 3.05) is 13.4 Å². The fourth-order valence-corrected chi connectivity index (χ4v) is 3.55. The minimum atomic E-state index is -2.01. The molecule has 1 rings (SSSR count). The van der Waals surface area contributed by atoms with Gasteiger partial charge in [0.25, 0.3) is 0 Å². The molecular weight excluding hydrogens is 372 g/mol. The van der Waals surface area contributed by atoms with Crippen molar-refractivity contribution >= 4 is 26.2 Å². The molecule has 0 spiro atoms. The normalized spacial score (nSPS) is 23.7. The highest BCUT2D eigenvalue weighted by Gasteiger charge is 2.38. The number of hydrogen-bond acceptors (Lipinski definition) is 6. The van der Waals surface area contributed by atoms with E-state index >= 15 is 0 Å². The van der Waals surface area contributed by atoms with Crippen LogP contribution in [-0.4, -0.2) is 55.9 Å². The summed E-state index contributed by atoms with van der Waals surface area (Å²) in [6, 6.07) is 0. The van der Waals surface area contributed by atoms with Crippen molar-refractivity contribution in [3.63, 3.8) is 0 Å². The third-order valence-electron chi connectivity index (χ3n) is 5.49.